The zero-order valence-electron chi connectivity index (χ0n) is 8.14. The van der Waals surface area contributed by atoms with Gasteiger partial charge in [-0.15, -0.1) is 0 Å². The van der Waals surface area contributed by atoms with Gasteiger partial charge in [0.1, 0.15) is 0 Å². The Bertz CT molecular complexity index is 427. The lowest BCUT2D eigenvalue weighted by atomic mass is 10.2. The molecule has 1 aliphatic heterocycles. The number of aliphatic hydroxyl groups excluding tert-OH is 1. The maximum Gasteiger partial charge on any atom is 0.254 e. The zero-order valence-corrected chi connectivity index (χ0v) is 8.14. The van der Waals surface area contributed by atoms with Crippen LogP contribution in [0, 0.1) is 0 Å². The minimum atomic E-state index is -0.434. The van der Waals surface area contributed by atoms with Crippen LogP contribution in [0.25, 0.3) is 0 Å². The highest BCUT2D eigenvalue weighted by Gasteiger charge is 2.25. The largest absolute Gasteiger partial charge is 0.391 e. The van der Waals surface area contributed by atoms with E-state index in [4.69, 9.17) is 0 Å². The molecule has 15 heavy (non-hydrogen) atoms. The monoisotopic (exact) mass is 208 g/mol. The first-order valence-electron chi connectivity index (χ1n) is 4.83. The summed E-state index contributed by atoms with van der Waals surface area (Å²) in [7, 11) is 0. The van der Waals surface area contributed by atoms with Crippen LogP contribution >= 0.6 is 0 Å². The van der Waals surface area contributed by atoms with Crippen LogP contribution < -0.4 is 5.56 Å². The molecule has 0 bridgehead atoms. The smallest absolute Gasteiger partial charge is 0.254 e. The number of nitrogens with one attached hydrogen (secondary N) is 1. The Morgan fingerprint density at radius 1 is 1.60 bits per heavy atom. The fourth-order valence-electron chi connectivity index (χ4n) is 1.69. The summed E-state index contributed by atoms with van der Waals surface area (Å²) in [4.78, 5) is 26.8. The Morgan fingerprint density at radius 2 is 2.40 bits per heavy atom. The summed E-state index contributed by atoms with van der Waals surface area (Å²) in [6.45, 7) is 0.901. The fraction of sp³-hybridized carbons (Fsp3) is 0.400. The number of H-pyrrole nitrogens is 1. The van der Waals surface area contributed by atoms with Crippen molar-refractivity contribution in [3.63, 3.8) is 0 Å². The van der Waals surface area contributed by atoms with E-state index in [1.807, 2.05) is 0 Å². The van der Waals surface area contributed by atoms with Crippen LogP contribution in [0.1, 0.15) is 16.8 Å². The molecule has 2 rings (SSSR count). The molecule has 0 radical (unpaired) electrons. The van der Waals surface area contributed by atoms with Crippen LogP contribution in [0.3, 0.4) is 0 Å². The van der Waals surface area contributed by atoms with Crippen molar-refractivity contribution in [2.24, 2.45) is 0 Å². The van der Waals surface area contributed by atoms with Crippen LogP contribution in [0.4, 0.5) is 0 Å². The first-order chi connectivity index (χ1) is 7.16. The number of aromatic amines is 1. The van der Waals surface area contributed by atoms with Crippen LogP contribution in [-0.4, -0.2) is 40.1 Å². The Kier molecular flexibility index (Phi) is 2.55. The minimum absolute atomic E-state index is 0.197. The number of hydrogen-bond acceptors (Lipinski definition) is 3. The molecular weight excluding hydrogens is 196 g/mol. The molecule has 5 nitrogen and oxygen atoms in total. The van der Waals surface area contributed by atoms with E-state index >= 15 is 0 Å². The summed E-state index contributed by atoms with van der Waals surface area (Å²) in [5, 5.41) is 9.29. The minimum Gasteiger partial charge on any atom is -0.391 e. The highest BCUT2D eigenvalue weighted by Crippen LogP contribution is 2.12. The molecule has 1 saturated heterocycles. The van der Waals surface area contributed by atoms with Gasteiger partial charge in [0.25, 0.3) is 5.91 Å². The highest BCUT2D eigenvalue weighted by molar-refractivity contribution is 5.94. The van der Waals surface area contributed by atoms with E-state index < -0.39 is 6.10 Å². The summed E-state index contributed by atoms with van der Waals surface area (Å²) in [5.74, 6) is -0.197. The van der Waals surface area contributed by atoms with Gasteiger partial charge < -0.3 is 15.0 Å². The number of rotatable bonds is 1. The Hall–Kier alpha value is -1.62. The second-order valence-electron chi connectivity index (χ2n) is 3.64. The van der Waals surface area contributed by atoms with E-state index in [9.17, 15) is 14.7 Å². The van der Waals surface area contributed by atoms with Gasteiger partial charge in [-0.1, -0.05) is 0 Å². The molecule has 1 amide bonds. The summed E-state index contributed by atoms with van der Waals surface area (Å²) in [6.07, 6.45) is 1.62. The van der Waals surface area contributed by atoms with Crippen molar-refractivity contribution < 1.29 is 9.90 Å². The predicted octanol–water partition coefficient (Wildman–Crippen LogP) is -0.418. The average Bonchev–Trinajstić information content (AvgIpc) is 2.64. The molecule has 0 aliphatic carbocycles. The number of nitrogens with zero attached hydrogens (tertiary/aromatic N) is 1. The average molecular weight is 208 g/mol. The van der Waals surface area contributed by atoms with E-state index in [2.05, 4.69) is 4.98 Å². The van der Waals surface area contributed by atoms with Crippen LogP contribution in [-0.2, 0) is 0 Å². The number of carbonyl (C=O) groups excluding carboxylic acids is 1. The van der Waals surface area contributed by atoms with E-state index in [0.29, 0.717) is 25.1 Å². The van der Waals surface area contributed by atoms with Gasteiger partial charge in [0, 0.05) is 30.9 Å². The predicted molar refractivity (Wildman–Crippen MR) is 53.6 cm³/mol. The fourth-order valence-corrected chi connectivity index (χ4v) is 1.69. The molecule has 0 spiro atoms. The molecule has 0 aromatic carbocycles. The molecule has 1 aliphatic rings. The number of likely N-dealkylation sites (tertiary alicyclic amines) is 1. The van der Waals surface area contributed by atoms with Gasteiger partial charge >= 0.3 is 0 Å². The van der Waals surface area contributed by atoms with E-state index in [1.165, 1.54) is 12.3 Å². The molecule has 0 unspecified atom stereocenters. The lowest BCUT2D eigenvalue weighted by Gasteiger charge is -2.14. The quantitative estimate of drug-likeness (QED) is 0.658. The maximum atomic E-state index is 11.8. The van der Waals surface area contributed by atoms with Gasteiger partial charge in [-0.05, 0) is 12.5 Å². The van der Waals surface area contributed by atoms with Crippen molar-refractivity contribution in [3.05, 3.63) is 34.2 Å². The van der Waals surface area contributed by atoms with Crippen molar-refractivity contribution in [3.8, 4) is 0 Å². The van der Waals surface area contributed by atoms with E-state index in [1.54, 1.807) is 11.0 Å². The van der Waals surface area contributed by atoms with Gasteiger partial charge in [0.15, 0.2) is 0 Å². The molecule has 0 saturated carbocycles. The van der Waals surface area contributed by atoms with Gasteiger partial charge in [-0.2, -0.15) is 0 Å². The summed E-state index contributed by atoms with van der Waals surface area (Å²) in [6, 6.07) is 2.83. The number of pyridine rings is 1. The second kappa shape index (κ2) is 3.86. The van der Waals surface area contributed by atoms with Crippen molar-refractivity contribution in [2.45, 2.75) is 12.5 Å². The summed E-state index contributed by atoms with van der Waals surface area (Å²) in [5.41, 5.74) is 0.0773. The van der Waals surface area contributed by atoms with Gasteiger partial charge in [0.2, 0.25) is 5.56 Å². The Balaban J connectivity index is 2.18. The molecule has 80 valence electrons. The third-order valence-electron chi connectivity index (χ3n) is 2.47. The van der Waals surface area contributed by atoms with Crippen molar-refractivity contribution >= 4 is 5.91 Å². The normalized spacial score (nSPS) is 20.6. The molecule has 1 aromatic heterocycles. The van der Waals surface area contributed by atoms with Gasteiger partial charge in [-0.25, -0.2) is 0 Å². The maximum absolute atomic E-state index is 11.8. The Morgan fingerprint density at radius 3 is 3.00 bits per heavy atom. The SMILES string of the molecule is O=C(c1cc[nH]c(=O)c1)N1CC[C@@H](O)C1. The third kappa shape index (κ3) is 2.07. The number of hydrogen-bond donors (Lipinski definition) is 2. The number of amides is 1. The summed E-state index contributed by atoms with van der Waals surface area (Å²) < 4.78 is 0. The second-order valence-corrected chi connectivity index (χ2v) is 3.64. The lowest BCUT2D eigenvalue weighted by molar-refractivity contribution is 0.0764. The molecule has 1 aromatic rings. The van der Waals surface area contributed by atoms with Crippen molar-refractivity contribution in [1.82, 2.24) is 9.88 Å². The Labute approximate surface area is 86.3 Å². The van der Waals surface area contributed by atoms with Crippen LogP contribution in [0.5, 0.6) is 0 Å². The molecular formula is C10H12N2O3. The van der Waals surface area contributed by atoms with Crippen LogP contribution in [0.15, 0.2) is 23.1 Å². The van der Waals surface area contributed by atoms with E-state index in [-0.39, 0.29) is 11.5 Å². The third-order valence-corrected chi connectivity index (χ3v) is 2.47. The number of aromatic nitrogens is 1. The molecule has 2 N–H and O–H groups in total. The molecule has 2 heterocycles. The zero-order chi connectivity index (χ0) is 10.8. The first-order valence-corrected chi connectivity index (χ1v) is 4.83. The molecule has 1 atom stereocenters. The number of carbonyl (C=O) groups is 1. The van der Waals surface area contributed by atoms with Crippen molar-refractivity contribution in [2.75, 3.05) is 13.1 Å². The molecule has 5 heteroatoms. The van der Waals surface area contributed by atoms with Crippen molar-refractivity contribution in [1.29, 1.82) is 0 Å². The first kappa shape index (κ1) is 9.92. The number of β-amino-alcohol motifs (C(OH)–C–C–N with tert-alkyl or cyclic N) is 1. The topological polar surface area (TPSA) is 73.4 Å². The van der Waals surface area contributed by atoms with Crippen LogP contribution in [0.2, 0.25) is 0 Å². The molecule has 1 fully saturated rings. The van der Waals surface area contributed by atoms with E-state index in [0.717, 1.165) is 0 Å². The highest BCUT2D eigenvalue weighted by atomic mass is 16.3. The summed E-state index contributed by atoms with van der Waals surface area (Å²) >= 11 is 0. The number of aliphatic hydroxyl groups is 1. The standard InChI is InChI=1S/C10H12N2O3/c13-8-2-4-12(6-8)10(15)7-1-3-11-9(14)5-7/h1,3,5,8,13H,2,4,6H2,(H,11,14)/t8-/m1/s1. The lowest BCUT2D eigenvalue weighted by Crippen LogP contribution is -2.30. The van der Waals surface area contributed by atoms with Gasteiger partial charge in [-0.3, -0.25) is 9.59 Å². The van der Waals surface area contributed by atoms with Gasteiger partial charge in [0.05, 0.1) is 6.10 Å².